The molecule has 0 aliphatic heterocycles. The predicted molar refractivity (Wildman–Crippen MR) is 63.7 cm³/mol. The highest BCUT2D eigenvalue weighted by Gasteiger charge is 2.34. The molecule has 17 heavy (non-hydrogen) atoms. The molecule has 0 heterocycles. The van der Waals surface area contributed by atoms with Gasteiger partial charge >= 0.3 is 0 Å². The van der Waals surface area contributed by atoms with Gasteiger partial charge in [0.1, 0.15) is 11.2 Å². The number of nitriles is 1. The van der Waals surface area contributed by atoms with E-state index in [9.17, 15) is 9.18 Å². The number of nitrogens with one attached hydrogen (secondary N) is 1. The Morgan fingerprint density at radius 1 is 1.47 bits per heavy atom. The SMILES string of the molecule is CCC(C#N)(CC)C(=O)Nc1cccc(F)c1. The van der Waals surface area contributed by atoms with E-state index in [2.05, 4.69) is 5.32 Å². The first-order valence-electron chi connectivity index (χ1n) is 5.56. The fourth-order valence-corrected chi connectivity index (χ4v) is 1.60. The van der Waals surface area contributed by atoms with Gasteiger partial charge in [-0.2, -0.15) is 5.26 Å². The topological polar surface area (TPSA) is 52.9 Å². The molecule has 0 aliphatic carbocycles. The number of carbonyl (C=O) groups excluding carboxylic acids is 1. The van der Waals surface area contributed by atoms with Crippen LogP contribution >= 0.6 is 0 Å². The van der Waals surface area contributed by atoms with Crippen LogP contribution in [0.4, 0.5) is 10.1 Å². The zero-order valence-electron chi connectivity index (χ0n) is 9.96. The van der Waals surface area contributed by atoms with Gasteiger partial charge in [0, 0.05) is 5.69 Å². The van der Waals surface area contributed by atoms with Crippen molar-refractivity contribution < 1.29 is 9.18 Å². The molecule has 1 aromatic rings. The molecule has 90 valence electrons. The first kappa shape index (κ1) is 13.2. The van der Waals surface area contributed by atoms with E-state index >= 15 is 0 Å². The molecule has 0 atom stereocenters. The van der Waals surface area contributed by atoms with Gasteiger partial charge in [-0.15, -0.1) is 0 Å². The van der Waals surface area contributed by atoms with Crippen LogP contribution in [0.25, 0.3) is 0 Å². The molecule has 0 aromatic heterocycles. The molecule has 3 nitrogen and oxygen atoms in total. The molecule has 0 saturated heterocycles. The average Bonchev–Trinajstić information content (AvgIpc) is 2.32. The molecule has 1 amide bonds. The lowest BCUT2D eigenvalue weighted by Crippen LogP contribution is -2.33. The number of hydrogen-bond donors (Lipinski definition) is 1. The molecular formula is C13H15FN2O. The Bertz CT molecular complexity index is 447. The second-order valence-corrected chi connectivity index (χ2v) is 3.87. The molecule has 0 radical (unpaired) electrons. The van der Waals surface area contributed by atoms with Crippen molar-refractivity contribution in [2.24, 2.45) is 5.41 Å². The summed E-state index contributed by atoms with van der Waals surface area (Å²) in [6.07, 6.45) is 0.863. The van der Waals surface area contributed by atoms with Crippen LogP contribution in [0.15, 0.2) is 24.3 Å². The van der Waals surface area contributed by atoms with Gasteiger partial charge in [0.25, 0.3) is 0 Å². The molecule has 1 N–H and O–H groups in total. The summed E-state index contributed by atoms with van der Waals surface area (Å²) in [6, 6.07) is 7.67. The van der Waals surface area contributed by atoms with Crippen molar-refractivity contribution in [1.29, 1.82) is 5.26 Å². The maximum Gasteiger partial charge on any atom is 0.244 e. The highest BCUT2D eigenvalue weighted by atomic mass is 19.1. The number of anilines is 1. The van der Waals surface area contributed by atoms with E-state index < -0.39 is 11.2 Å². The van der Waals surface area contributed by atoms with Gasteiger partial charge in [-0.1, -0.05) is 19.9 Å². The van der Waals surface area contributed by atoms with Gasteiger partial charge in [0.2, 0.25) is 5.91 Å². The van der Waals surface area contributed by atoms with E-state index in [1.54, 1.807) is 19.9 Å². The minimum absolute atomic E-state index is 0.372. The van der Waals surface area contributed by atoms with Crippen LogP contribution in [0, 0.1) is 22.6 Å². The lowest BCUT2D eigenvalue weighted by atomic mass is 9.83. The smallest absolute Gasteiger partial charge is 0.244 e. The lowest BCUT2D eigenvalue weighted by Gasteiger charge is -2.22. The number of hydrogen-bond acceptors (Lipinski definition) is 2. The van der Waals surface area contributed by atoms with Gasteiger partial charge in [0.05, 0.1) is 6.07 Å². The summed E-state index contributed by atoms with van der Waals surface area (Å²) in [5.74, 6) is -0.797. The van der Waals surface area contributed by atoms with E-state index in [-0.39, 0.29) is 5.91 Å². The molecule has 0 aliphatic rings. The zero-order chi connectivity index (χ0) is 12.9. The second-order valence-electron chi connectivity index (χ2n) is 3.87. The predicted octanol–water partition coefficient (Wildman–Crippen LogP) is 3.09. The highest BCUT2D eigenvalue weighted by molar-refractivity contribution is 5.97. The van der Waals surface area contributed by atoms with Crippen molar-refractivity contribution in [2.75, 3.05) is 5.32 Å². The first-order valence-corrected chi connectivity index (χ1v) is 5.56. The fourth-order valence-electron chi connectivity index (χ4n) is 1.60. The summed E-state index contributed by atoms with van der Waals surface area (Å²) in [5.41, 5.74) is -0.664. The minimum atomic E-state index is -1.04. The molecule has 1 aromatic carbocycles. The summed E-state index contributed by atoms with van der Waals surface area (Å²) in [5, 5.41) is 11.7. The van der Waals surface area contributed by atoms with Crippen molar-refractivity contribution >= 4 is 11.6 Å². The third kappa shape index (κ3) is 2.82. The highest BCUT2D eigenvalue weighted by Crippen LogP contribution is 2.27. The van der Waals surface area contributed by atoms with Gasteiger partial charge < -0.3 is 5.32 Å². The summed E-state index contributed by atoms with van der Waals surface area (Å²) < 4.78 is 12.9. The Kier molecular flexibility index (Phi) is 4.22. The van der Waals surface area contributed by atoms with Crippen molar-refractivity contribution in [3.8, 4) is 6.07 Å². The van der Waals surface area contributed by atoms with Crippen molar-refractivity contribution in [2.45, 2.75) is 26.7 Å². The number of amides is 1. The second kappa shape index (κ2) is 5.44. The third-order valence-electron chi connectivity index (χ3n) is 2.94. The molecule has 0 spiro atoms. The quantitative estimate of drug-likeness (QED) is 0.870. The van der Waals surface area contributed by atoms with Crippen LogP contribution < -0.4 is 5.32 Å². The first-order chi connectivity index (χ1) is 8.07. The van der Waals surface area contributed by atoms with Crippen molar-refractivity contribution in [3.63, 3.8) is 0 Å². The van der Waals surface area contributed by atoms with Crippen LogP contribution in [0.2, 0.25) is 0 Å². The van der Waals surface area contributed by atoms with Crippen LogP contribution in [0.5, 0.6) is 0 Å². The standard InChI is InChI=1S/C13H15FN2O/c1-3-13(4-2,9-15)12(17)16-11-7-5-6-10(14)8-11/h5-8H,3-4H2,1-2H3,(H,16,17). The third-order valence-corrected chi connectivity index (χ3v) is 2.94. The van der Waals surface area contributed by atoms with Gasteiger partial charge in [0.15, 0.2) is 0 Å². The lowest BCUT2D eigenvalue weighted by molar-refractivity contribution is -0.123. The van der Waals surface area contributed by atoms with Crippen LogP contribution in [0.3, 0.4) is 0 Å². The number of benzene rings is 1. The Hall–Kier alpha value is -1.89. The van der Waals surface area contributed by atoms with Gasteiger partial charge in [-0.05, 0) is 31.0 Å². The van der Waals surface area contributed by atoms with E-state index in [0.717, 1.165) is 0 Å². The largest absolute Gasteiger partial charge is 0.325 e. The summed E-state index contributed by atoms with van der Waals surface area (Å²) >= 11 is 0. The summed E-state index contributed by atoms with van der Waals surface area (Å²) in [6.45, 7) is 3.58. The summed E-state index contributed by atoms with van der Waals surface area (Å²) in [7, 11) is 0. The van der Waals surface area contributed by atoms with Crippen LogP contribution in [-0.2, 0) is 4.79 Å². The maximum absolute atomic E-state index is 12.9. The number of rotatable bonds is 4. The molecule has 1 rings (SSSR count). The average molecular weight is 234 g/mol. The van der Waals surface area contributed by atoms with E-state index in [0.29, 0.717) is 18.5 Å². The van der Waals surface area contributed by atoms with E-state index in [1.165, 1.54) is 18.2 Å². The van der Waals surface area contributed by atoms with Gasteiger partial charge in [-0.25, -0.2) is 4.39 Å². The monoisotopic (exact) mass is 234 g/mol. The molecule has 0 bridgehead atoms. The Morgan fingerprint density at radius 3 is 2.59 bits per heavy atom. The van der Waals surface area contributed by atoms with Crippen molar-refractivity contribution in [1.82, 2.24) is 0 Å². The molecule has 4 heteroatoms. The minimum Gasteiger partial charge on any atom is -0.325 e. The molecule has 0 saturated carbocycles. The number of nitrogens with zero attached hydrogens (tertiary/aromatic N) is 1. The molecule has 0 unspecified atom stereocenters. The molecule has 0 fully saturated rings. The normalized spacial score (nSPS) is 10.7. The Morgan fingerprint density at radius 2 is 2.12 bits per heavy atom. The van der Waals surface area contributed by atoms with Crippen LogP contribution in [-0.4, -0.2) is 5.91 Å². The fraction of sp³-hybridized carbons (Fsp3) is 0.385. The number of carbonyl (C=O) groups is 1. The number of halogens is 1. The maximum atomic E-state index is 12.9. The molecular weight excluding hydrogens is 219 g/mol. The Balaban J connectivity index is 2.89. The zero-order valence-corrected chi connectivity index (χ0v) is 9.96. The van der Waals surface area contributed by atoms with Gasteiger partial charge in [-0.3, -0.25) is 4.79 Å². The van der Waals surface area contributed by atoms with E-state index in [4.69, 9.17) is 5.26 Å². The van der Waals surface area contributed by atoms with E-state index in [1.807, 2.05) is 6.07 Å². The Labute approximate surface area is 100 Å². The van der Waals surface area contributed by atoms with Crippen LogP contribution in [0.1, 0.15) is 26.7 Å². The van der Waals surface area contributed by atoms with Crippen molar-refractivity contribution in [3.05, 3.63) is 30.1 Å². The summed E-state index contributed by atoms with van der Waals surface area (Å²) in [4.78, 5) is 12.0.